The minimum Gasteiger partial charge on any atom is -1.00 e. The highest BCUT2D eigenvalue weighted by molar-refractivity contribution is 5.13. The number of halogens is 1. The molecule has 1 nitrogen and oxygen atoms in total. The molecule has 29 heavy (non-hydrogen) atoms. The summed E-state index contributed by atoms with van der Waals surface area (Å²) in [6, 6.07) is 11.2. The summed E-state index contributed by atoms with van der Waals surface area (Å²) >= 11 is 0. The predicted molar refractivity (Wildman–Crippen MR) is 127 cm³/mol. The largest absolute Gasteiger partial charge is 1.00 e. The van der Waals surface area contributed by atoms with Gasteiger partial charge in [0, 0.05) is 5.56 Å². The van der Waals surface area contributed by atoms with Crippen molar-refractivity contribution in [3.63, 3.8) is 0 Å². The van der Waals surface area contributed by atoms with Crippen LogP contribution >= 0.6 is 0 Å². The van der Waals surface area contributed by atoms with Crippen LogP contribution in [0.2, 0.25) is 0 Å². The van der Waals surface area contributed by atoms with E-state index in [0.717, 1.165) is 0 Å². The normalized spacial score (nSPS) is 11.4. The van der Waals surface area contributed by atoms with E-state index in [1.165, 1.54) is 126 Å². The number of hydrogen-bond acceptors (Lipinski definition) is 0. The lowest BCUT2D eigenvalue weighted by Gasteiger charge is -2.39. The van der Waals surface area contributed by atoms with Crippen LogP contribution in [0, 0.1) is 0 Å². The van der Waals surface area contributed by atoms with E-state index in [1.807, 2.05) is 0 Å². The first kappa shape index (κ1) is 28.5. The minimum absolute atomic E-state index is 0. The standard InChI is InChI=1S/C27H50N.ClH/c1-4-7-10-11-12-13-14-15-16-20-25-28(23-8-5-2,24-9-6-3)26-27-21-18-17-19-22-27;/h17-19,21-22H,4-16,20,23-26H2,1-3H3;1H/q+1;/p-1. The maximum absolute atomic E-state index is 2.34. The first-order valence-electron chi connectivity index (χ1n) is 12.7. The SMILES string of the molecule is CCCCCCCCCCCC[N+](CCCC)(CCCC)Cc1ccccc1.[Cl-]. The summed E-state index contributed by atoms with van der Waals surface area (Å²) < 4.78 is 1.32. The van der Waals surface area contributed by atoms with E-state index < -0.39 is 0 Å². The topological polar surface area (TPSA) is 0 Å². The van der Waals surface area contributed by atoms with Crippen LogP contribution in [0.5, 0.6) is 0 Å². The molecule has 0 fully saturated rings. The molecule has 0 aromatic heterocycles. The van der Waals surface area contributed by atoms with E-state index >= 15 is 0 Å². The first-order valence-corrected chi connectivity index (χ1v) is 12.7. The molecule has 0 atom stereocenters. The number of unbranched alkanes of at least 4 members (excludes halogenated alkanes) is 11. The molecule has 0 bridgehead atoms. The molecule has 2 heteroatoms. The lowest BCUT2D eigenvalue weighted by molar-refractivity contribution is -0.941. The zero-order chi connectivity index (χ0) is 20.3. The Morgan fingerprint density at radius 1 is 0.517 bits per heavy atom. The molecule has 0 N–H and O–H groups in total. The summed E-state index contributed by atoms with van der Waals surface area (Å²) in [6.07, 6.45) is 19.7. The molecule has 0 aliphatic carbocycles. The Hall–Kier alpha value is -0.530. The van der Waals surface area contributed by atoms with Crippen molar-refractivity contribution in [2.75, 3.05) is 19.6 Å². The van der Waals surface area contributed by atoms with E-state index in [1.54, 1.807) is 0 Å². The van der Waals surface area contributed by atoms with E-state index in [2.05, 4.69) is 51.1 Å². The Balaban J connectivity index is 0.00000784. The van der Waals surface area contributed by atoms with E-state index in [0.29, 0.717) is 0 Å². The van der Waals surface area contributed by atoms with Crippen molar-refractivity contribution in [3.8, 4) is 0 Å². The molecule has 0 saturated carbocycles. The van der Waals surface area contributed by atoms with Crippen LogP contribution in [0.4, 0.5) is 0 Å². The van der Waals surface area contributed by atoms with Crippen LogP contribution in [-0.4, -0.2) is 24.1 Å². The molecule has 1 aromatic rings. The molecular weight excluding hydrogens is 374 g/mol. The number of quaternary nitrogens is 1. The molecule has 0 aliphatic heterocycles. The number of rotatable bonds is 19. The van der Waals surface area contributed by atoms with Crippen LogP contribution in [0.3, 0.4) is 0 Å². The van der Waals surface area contributed by atoms with Gasteiger partial charge in [-0.3, -0.25) is 0 Å². The fourth-order valence-corrected chi connectivity index (χ4v) is 4.46. The van der Waals surface area contributed by atoms with Gasteiger partial charge in [0.2, 0.25) is 0 Å². The molecule has 0 amide bonds. The lowest BCUT2D eigenvalue weighted by Crippen LogP contribution is -3.00. The number of benzene rings is 1. The molecule has 0 heterocycles. The van der Waals surface area contributed by atoms with Crippen LogP contribution < -0.4 is 12.4 Å². The molecule has 0 unspecified atom stereocenters. The van der Waals surface area contributed by atoms with E-state index in [4.69, 9.17) is 0 Å². The summed E-state index contributed by atoms with van der Waals surface area (Å²) in [4.78, 5) is 0. The fourth-order valence-electron chi connectivity index (χ4n) is 4.46. The Kier molecular flexibility index (Phi) is 19.1. The third kappa shape index (κ3) is 14.2. The third-order valence-electron chi connectivity index (χ3n) is 6.32. The van der Waals surface area contributed by atoms with Gasteiger partial charge in [-0.1, -0.05) is 115 Å². The average Bonchev–Trinajstić information content (AvgIpc) is 2.72. The highest BCUT2D eigenvalue weighted by Gasteiger charge is 2.26. The average molecular weight is 424 g/mol. The molecule has 0 aliphatic rings. The van der Waals surface area contributed by atoms with Gasteiger partial charge in [0.05, 0.1) is 19.6 Å². The smallest absolute Gasteiger partial charge is 0.104 e. The van der Waals surface area contributed by atoms with Crippen molar-refractivity contribution in [1.29, 1.82) is 0 Å². The summed E-state index contributed by atoms with van der Waals surface area (Å²) in [5.41, 5.74) is 1.53. The van der Waals surface area contributed by atoms with Gasteiger partial charge in [0.15, 0.2) is 0 Å². The van der Waals surface area contributed by atoms with Crippen molar-refractivity contribution >= 4 is 0 Å². The molecule has 0 spiro atoms. The molecule has 0 radical (unpaired) electrons. The zero-order valence-electron chi connectivity index (χ0n) is 19.9. The van der Waals surface area contributed by atoms with Crippen LogP contribution in [0.1, 0.15) is 116 Å². The third-order valence-corrected chi connectivity index (χ3v) is 6.32. The van der Waals surface area contributed by atoms with E-state index in [-0.39, 0.29) is 12.4 Å². The van der Waals surface area contributed by atoms with Crippen molar-refractivity contribution in [3.05, 3.63) is 35.9 Å². The Labute approximate surface area is 189 Å². The van der Waals surface area contributed by atoms with Gasteiger partial charge in [-0.25, -0.2) is 0 Å². The highest BCUT2D eigenvalue weighted by Crippen LogP contribution is 2.21. The van der Waals surface area contributed by atoms with Crippen molar-refractivity contribution in [2.45, 2.75) is 117 Å². The monoisotopic (exact) mass is 423 g/mol. The first-order chi connectivity index (χ1) is 13.8. The Morgan fingerprint density at radius 3 is 1.41 bits per heavy atom. The highest BCUT2D eigenvalue weighted by atomic mass is 35.5. The maximum atomic E-state index is 2.34. The lowest BCUT2D eigenvalue weighted by atomic mass is 10.0. The molecule has 1 aromatic carbocycles. The molecule has 0 saturated heterocycles. The Bertz CT molecular complexity index is 437. The van der Waals surface area contributed by atoms with Crippen molar-refractivity contribution in [2.24, 2.45) is 0 Å². The maximum Gasteiger partial charge on any atom is 0.104 e. The Morgan fingerprint density at radius 2 is 0.931 bits per heavy atom. The van der Waals surface area contributed by atoms with E-state index in [9.17, 15) is 0 Å². The molecular formula is C27H50ClN. The molecule has 1 rings (SSSR count). The van der Waals surface area contributed by atoms with Crippen molar-refractivity contribution in [1.82, 2.24) is 0 Å². The minimum atomic E-state index is 0. The van der Waals surface area contributed by atoms with Gasteiger partial charge in [0.25, 0.3) is 0 Å². The van der Waals surface area contributed by atoms with Crippen LogP contribution in [0.25, 0.3) is 0 Å². The van der Waals surface area contributed by atoms with Gasteiger partial charge in [-0.15, -0.1) is 0 Å². The van der Waals surface area contributed by atoms with Crippen LogP contribution in [-0.2, 0) is 6.54 Å². The summed E-state index contributed by atoms with van der Waals surface area (Å²) in [5.74, 6) is 0. The summed E-state index contributed by atoms with van der Waals surface area (Å²) in [7, 11) is 0. The summed E-state index contributed by atoms with van der Waals surface area (Å²) in [6.45, 7) is 12.3. The zero-order valence-corrected chi connectivity index (χ0v) is 20.7. The van der Waals surface area contributed by atoms with Crippen molar-refractivity contribution < 1.29 is 16.9 Å². The second-order valence-corrected chi connectivity index (χ2v) is 9.05. The van der Waals surface area contributed by atoms with Crippen LogP contribution in [0.15, 0.2) is 30.3 Å². The second-order valence-electron chi connectivity index (χ2n) is 9.05. The van der Waals surface area contributed by atoms with Gasteiger partial charge < -0.3 is 16.9 Å². The number of nitrogens with zero attached hydrogens (tertiary/aromatic N) is 1. The summed E-state index contributed by atoms with van der Waals surface area (Å²) in [5, 5.41) is 0. The quantitative estimate of drug-likeness (QED) is 0.203. The molecule has 170 valence electrons. The number of hydrogen-bond donors (Lipinski definition) is 0. The van der Waals surface area contributed by atoms with Gasteiger partial charge in [0.1, 0.15) is 6.54 Å². The van der Waals surface area contributed by atoms with Gasteiger partial charge in [-0.2, -0.15) is 0 Å². The van der Waals surface area contributed by atoms with Gasteiger partial charge in [-0.05, 0) is 25.7 Å². The second kappa shape index (κ2) is 19.4. The van der Waals surface area contributed by atoms with Gasteiger partial charge >= 0.3 is 0 Å². The fraction of sp³-hybridized carbons (Fsp3) is 0.778. The predicted octanol–water partition coefficient (Wildman–Crippen LogP) is 5.53.